The molecule has 20 heavy (non-hydrogen) atoms. The van der Waals surface area contributed by atoms with Gasteiger partial charge in [0.05, 0.1) is 11.1 Å². The van der Waals surface area contributed by atoms with E-state index in [9.17, 15) is 14.9 Å². The quantitative estimate of drug-likeness (QED) is 0.535. The minimum atomic E-state index is -0.645. The van der Waals surface area contributed by atoms with Crippen LogP contribution in [0.5, 0.6) is 0 Å². The average molecular weight is 310 g/mol. The first-order chi connectivity index (χ1) is 9.58. The molecule has 1 heterocycles. The lowest BCUT2D eigenvalue weighted by Crippen LogP contribution is -2.17. The molecular formula is C12H8ClN3O3S. The number of nitrogens with one attached hydrogen (secondary N) is 1. The van der Waals surface area contributed by atoms with E-state index in [1.165, 1.54) is 29.7 Å². The molecule has 0 saturated carbocycles. The molecule has 0 bridgehead atoms. The Morgan fingerprint density at radius 3 is 2.90 bits per heavy atom. The Labute approximate surface area is 122 Å². The molecule has 102 valence electrons. The fourth-order valence-corrected chi connectivity index (χ4v) is 2.15. The molecule has 0 saturated heterocycles. The van der Waals surface area contributed by atoms with Crippen LogP contribution in [0.25, 0.3) is 0 Å². The Kier molecular flexibility index (Phi) is 4.44. The predicted molar refractivity (Wildman–Crippen MR) is 77.5 cm³/mol. The van der Waals surface area contributed by atoms with Crippen molar-refractivity contribution >= 4 is 40.7 Å². The molecule has 0 radical (unpaired) electrons. The highest BCUT2D eigenvalue weighted by Crippen LogP contribution is 2.24. The van der Waals surface area contributed by atoms with Crippen molar-refractivity contribution in [2.24, 2.45) is 5.10 Å². The van der Waals surface area contributed by atoms with E-state index in [1.807, 2.05) is 17.5 Å². The second-order valence-corrected chi connectivity index (χ2v) is 5.02. The van der Waals surface area contributed by atoms with Gasteiger partial charge >= 0.3 is 0 Å². The third-order valence-electron chi connectivity index (χ3n) is 2.31. The maximum Gasteiger partial charge on any atom is 0.288 e. The first-order valence-corrected chi connectivity index (χ1v) is 6.64. The minimum absolute atomic E-state index is 0.0198. The largest absolute Gasteiger partial charge is 0.288 e. The van der Waals surface area contributed by atoms with Crippen LogP contribution in [0.15, 0.2) is 40.8 Å². The first-order valence-electron chi connectivity index (χ1n) is 5.39. The van der Waals surface area contributed by atoms with Crippen LogP contribution in [0.2, 0.25) is 5.02 Å². The summed E-state index contributed by atoms with van der Waals surface area (Å²) >= 11 is 7.14. The van der Waals surface area contributed by atoms with E-state index in [0.717, 1.165) is 10.9 Å². The van der Waals surface area contributed by atoms with Crippen molar-refractivity contribution in [3.05, 3.63) is 61.3 Å². The van der Waals surface area contributed by atoms with E-state index < -0.39 is 10.8 Å². The second kappa shape index (κ2) is 6.27. The maximum absolute atomic E-state index is 11.8. The van der Waals surface area contributed by atoms with Gasteiger partial charge in [0.15, 0.2) is 0 Å². The zero-order valence-corrected chi connectivity index (χ0v) is 11.5. The molecule has 1 N–H and O–H groups in total. The molecular weight excluding hydrogens is 302 g/mol. The van der Waals surface area contributed by atoms with Crippen LogP contribution < -0.4 is 5.43 Å². The third kappa shape index (κ3) is 3.40. The van der Waals surface area contributed by atoms with Gasteiger partial charge in [0.2, 0.25) is 0 Å². The van der Waals surface area contributed by atoms with Gasteiger partial charge in [-0.15, -0.1) is 11.3 Å². The van der Waals surface area contributed by atoms with E-state index >= 15 is 0 Å². The zero-order chi connectivity index (χ0) is 14.5. The number of carbonyl (C=O) groups is 1. The number of halogens is 1. The maximum atomic E-state index is 11.8. The Bertz CT molecular complexity index is 671. The number of thiophene rings is 1. The Morgan fingerprint density at radius 1 is 1.45 bits per heavy atom. The van der Waals surface area contributed by atoms with Crippen molar-refractivity contribution in [3.63, 3.8) is 0 Å². The van der Waals surface area contributed by atoms with Gasteiger partial charge in [-0.1, -0.05) is 17.7 Å². The van der Waals surface area contributed by atoms with Gasteiger partial charge in [-0.3, -0.25) is 14.9 Å². The van der Waals surface area contributed by atoms with Crippen LogP contribution in [0.3, 0.4) is 0 Å². The number of nitrogens with zero attached hydrogens (tertiary/aromatic N) is 2. The van der Waals surface area contributed by atoms with Crippen LogP contribution in [0, 0.1) is 10.1 Å². The van der Waals surface area contributed by atoms with Crippen molar-refractivity contribution < 1.29 is 9.72 Å². The van der Waals surface area contributed by atoms with E-state index in [4.69, 9.17) is 11.6 Å². The fraction of sp³-hybridized carbons (Fsp3) is 0. The molecule has 1 amide bonds. The second-order valence-electron chi connectivity index (χ2n) is 3.64. The number of carbonyl (C=O) groups excluding carboxylic acids is 1. The van der Waals surface area contributed by atoms with Crippen molar-refractivity contribution in [2.45, 2.75) is 0 Å². The Morgan fingerprint density at radius 2 is 2.25 bits per heavy atom. The van der Waals surface area contributed by atoms with Crippen LogP contribution in [-0.4, -0.2) is 17.0 Å². The molecule has 1 aromatic heterocycles. The summed E-state index contributed by atoms with van der Waals surface area (Å²) in [7, 11) is 0. The number of nitro benzene ring substituents is 1. The molecule has 6 nitrogen and oxygen atoms in total. The number of amides is 1. The summed E-state index contributed by atoms with van der Waals surface area (Å²) in [5, 5.41) is 16.4. The molecule has 0 unspecified atom stereocenters. The molecule has 2 rings (SSSR count). The van der Waals surface area contributed by atoms with Crippen LogP contribution in [0.4, 0.5) is 5.69 Å². The van der Waals surface area contributed by atoms with E-state index in [-0.39, 0.29) is 16.3 Å². The zero-order valence-electron chi connectivity index (χ0n) is 9.95. The van der Waals surface area contributed by atoms with Crippen molar-refractivity contribution in [2.75, 3.05) is 0 Å². The lowest BCUT2D eigenvalue weighted by Gasteiger charge is -2.00. The summed E-state index contributed by atoms with van der Waals surface area (Å²) in [6.07, 6.45) is 1.49. The smallest absolute Gasteiger partial charge is 0.267 e. The molecule has 2 aromatic rings. The molecule has 8 heteroatoms. The number of hydrogen-bond acceptors (Lipinski definition) is 5. The third-order valence-corrected chi connectivity index (χ3v) is 3.43. The summed E-state index contributed by atoms with van der Waals surface area (Å²) < 4.78 is 0. The Hall–Kier alpha value is -2.25. The lowest BCUT2D eigenvalue weighted by atomic mass is 10.2. The summed E-state index contributed by atoms with van der Waals surface area (Å²) in [5.41, 5.74) is 2.09. The SMILES string of the molecule is O=C(NN=Cc1cccs1)c1ccc(Cl)c([N+](=O)[O-])c1. The van der Waals surface area contributed by atoms with Crippen LogP contribution in [0.1, 0.15) is 15.2 Å². The van der Waals surface area contributed by atoms with E-state index in [1.54, 1.807) is 0 Å². The van der Waals surface area contributed by atoms with Gasteiger partial charge in [-0.25, -0.2) is 5.43 Å². The molecule has 0 aliphatic heterocycles. The highest BCUT2D eigenvalue weighted by molar-refractivity contribution is 7.11. The highest BCUT2D eigenvalue weighted by Gasteiger charge is 2.15. The summed E-state index contributed by atoms with van der Waals surface area (Å²) in [6, 6.07) is 7.51. The summed E-state index contributed by atoms with van der Waals surface area (Å²) in [4.78, 5) is 22.7. The number of hydrogen-bond donors (Lipinski definition) is 1. The van der Waals surface area contributed by atoms with Gasteiger partial charge in [0.25, 0.3) is 11.6 Å². The monoisotopic (exact) mass is 309 g/mol. The average Bonchev–Trinajstić information content (AvgIpc) is 2.92. The highest BCUT2D eigenvalue weighted by atomic mass is 35.5. The predicted octanol–water partition coefficient (Wildman–Crippen LogP) is 3.07. The van der Waals surface area contributed by atoms with Crippen LogP contribution >= 0.6 is 22.9 Å². The molecule has 0 aliphatic rings. The molecule has 0 aliphatic carbocycles. The van der Waals surface area contributed by atoms with Crippen molar-refractivity contribution in [3.8, 4) is 0 Å². The molecule has 0 spiro atoms. The number of benzene rings is 1. The lowest BCUT2D eigenvalue weighted by molar-refractivity contribution is -0.384. The molecule has 0 atom stereocenters. The summed E-state index contributed by atoms with van der Waals surface area (Å²) in [6.45, 7) is 0. The number of nitro groups is 1. The fourth-order valence-electron chi connectivity index (χ4n) is 1.38. The first kappa shape index (κ1) is 14.2. The number of hydrazone groups is 1. The van der Waals surface area contributed by atoms with Gasteiger partial charge in [0.1, 0.15) is 5.02 Å². The standard InChI is InChI=1S/C12H8ClN3O3S/c13-10-4-3-8(6-11(10)16(18)19)12(17)15-14-7-9-2-1-5-20-9/h1-7H,(H,15,17). The minimum Gasteiger partial charge on any atom is -0.267 e. The normalized spacial score (nSPS) is 10.7. The number of rotatable bonds is 4. The van der Waals surface area contributed by atoms with Gasteiger partial charge < -0.3 is 0 Å². The van der Waals surface area contributed by atoms with Gasteiger partial charge in [-0.2, -0.15) is 5.10 Å². The Balaban J connectivity index is 2.09. The molecule has 0 fully saturated rings. The van der Waals surface area contributed by atoms with Gasteiger partial charge in [0, 0.05) is 16.5 Å². The van der Waals surface area contributed by atoms with Crippen molar-refractivity contribution in [1.82, 2.24) is 5.43 Å². The van der Waals surface area contributed by atoms with Gasteiger partial charge in [-0.05, 0) is 23.6 Å². The van der Waals surface area contributed by atoms with Crippen LogP contribution in [-0.2, 0) is 0 Å². The van der Waals surface area contributed by atoms with E-state index in [2.05, 4.69) is 10.5 Å². The van der Waals surface area contributed by atoms with E-state index in [0.29, 0.717) is 0 Å². The summed E-state index contributed by atoms with van der Waals surface area (Å²) in [5.74, 6) is -0.544. The topological polar surface area (TPSA) is 84.6 Å². The molecule has 1 aromatic carbocycles. The van der Waals surface area contributed by atoms with Crippen molar-refractivity contribution in [1.29, 1.82) is 0 Å².